The van der Waals surface area contributed by atoms with Crippen molar-refractivity contribution in [2.45, 2.75) is 32.2 Å². The maximum absolute atomic E-state index is 12.9. The molecule has 2 heterocycles. The molecule has 2 atom stereocenters. The Kier molecular flexibility index (Phi) is 4.70. The summed E-state index contributed by atoms with van der Waals surface area (Å²) in [5.74, 6) is -1.19. The smallest absolute Gasteiger partial charge is 0.352 e. The van der Waals surface area contributed by atoms with Gasteiger partial charge in [0.2, 0.25) is 5.91 Å². The zero-order valence-corrected chi connectivity index (χ0v) is 15.6. The van der Waals surface area contributed by atoms with E-state index in [1.165, 1.54) is 28.5 Å². The van der Waals surface area contributed by atoms with E-state index in [-0.39, 0.29) is 23.4 Å². The summed E-state index contributed by atoms with van der Waals surface area (Å²) >= 11 is 1.49. The number of fused-ring (bicyclic) bond motifs is 1. The molecule has 0 bridgehead atoms. The molecule has 3 rings (SSSR count). The van der Waals surface area contributed by atoms with Gasteiger partial charge in [0.05, 0.1) is 0 Å². The number of nitrogens with zero attached hydrogens (tertiary/aromatic N) is 2. The van der Waals surface area contributed by atoms with Gasteiger partial charge in [-0.05, 0) is 35.8 Å². The minimum absolute atomic E-state index is 0.0300. The Morgan fingerprint density at radius 1 is 1.31 bits per heavy atom. The molecule has 7 nitrogen and oxygen atoms in total. The monoisotopic (exact) mass is 375 g/mol. The lowest BCUT2D eigenvalue weighted by atomic mass is 9.96. The standard InChI is InChI=1S/C18H21N3O4S/c1-9(2)13-8-26-17-15(16(23)21(17)14(13)18(24)25)20(10(3)22)12-6-4-11(19)5-7-12/h4-7,9,15,17H,8,19H2,1-3H3,(H,24,25)/t15?,17-/m0/s1. The van der Waals surface area contributed by atoms with Crippen LogP contribution in [0.4, 0.5) is 11.4 Å². The fourth-order valence-electron chi connectivity index (χ4n) is 3.34. The molecular formula is C18H21N3O4S. The lowest BCUT2D eigenvalue weighted by Gasteiger charge is -2.53. The van der Waals surface area contributed by atoms with E-state index in [9.17, 15) is 19.5 Å². The van der Waals surface area contributed by atoms with Crippen LogP contribution in [0.25, 0.3) is 0 Å². The molecule has 1 fully saturated rings. The topological polar surface area (TPSA) is 104 Å². The second-order valence-electron chi connectivity index (χ2n) is 6.67. The third-order valence-corrected chi connectivity index (χ3v) is 5.95. The molecule has 2 aliphatic heterocycles. The Hall–Kier alpha value is -2.48. The zero-order chi connectivity index (χ0) is 19.2. The Morgan fingerprint density at radius 2 is 1.92 bits per heavy atom. The lowest BCUT2D eigenvalue weighted by Crippen LogP contribution is -2.71. The van der Waals surface area contributed by atoms with Crippen molar-refractivity contribution in [2.75, 3.05) is 16.4 Å². The van der Waals surface area contributed by atoms with Crippen molar-refractivity contribution in [3.05, 3.63) is 35.5 Å². The number of thioether (sulfide) groups is 1. The number of rotatable bonds is 4. The molecule has 0 spiro atoms. The number of carboxylic acid groups (broad SMARTS) is 1. The molecule has 1 unspecified atom stereocenters. The largest absolute Gasteiger partial charge is 0.477 e. The van der Waals surface area contributed by atoms with E-state index < -0.39 is 17.4 Å². The van der Waals surface area contributed by atoms with Gasteiger partial charge in [0.1, 0.15) is 17.1 Å². The molecule has 3 N–H and O–H groups in total. The maximum atomic E-state index is 12.9. The number of benzene rings is 1. The van der Waals surface area contributed by atoms with Gasteiger partial charge >= 0.3 is 5.97 Å². The summed E-state index contributed by atoms with van der Waals surface area (Å²) < 4.78 is 0. The van der Waals surface area contributed by atoms with Crippen molar-refractivity contribution in [2.24, 2.45) is 5.92 Å². The molecular weight excluding hydrogens is 354 g/mol. The van der Waals surface area contributed by atoms with Gasteiger partial charge in [-0.2, -0.15) is 0 Å². The molecule has 0 saturated carbocycles. The van der Waals surface area contributed by atoms with Crippen molar-refractivity contribution in [3.8, 4) is 0 Å². The van der Waals surface area contributed by atoms with E-state index in [1.54, 1.807) is 24.3 Å². The molecule has 138 valence electrons. The summed E-state index contributed by atoms with van der Waals surface area (Å²) in [6.45, 7) is 5.22. The first-order valence-corrected chi connectivity index (χ1v) is 9.35. The molecule has 1 aromatic carbocycles. The maximum Gasteiger partial charge on any atom is 0.352 e. The van der Waals surface area contributed by atoms with Crippen LogP contribution < -0.4 is 10.6 Å². The fraction of sp³-hybridized carbons (Fsp3) is 0.389. The summed E-state index contributed by atoms with van der Waals surface area (Å²) in [7, 11) is 0. The second kappa shape index (κ2) is 6.68. The van der Waals surface area contributed by atoms with Crippen molar-refractivity contribution in [1.29, 1.82) is 0 Å². The van der Waals surface area contributed by atoms with Crippen LogP contribution in [0.1, 0.15) is 20.8 Å². The summed E-state index contributed by atoms with van der Waals surface area (Å²) in [6, 6.07) is 5.99. The van der Waals surface area contributed by atoms with Gasteiger partial charge < -0.3 is 10.8 Å². The SMILES string of the molecule is CC(=O)N(c1ccc(N)cc1)C1C(=O)N2C(C(=O)O)=C(C(C)C)CS[C@@H]12. The highest BCUT2D eigenvalue weighted by Gasteiger charge is 2.57. The Labute approximate surface area is 155 Å². The van der Waals surface area contributed by atoms with Gasteiger partial charge in [-0.1, -0.05) is 13.8 Å². The molecule has 0 aromatic heterocycles. The molecule has 1 saturated heterocycles. The minimum atomic E-state index is -1.10. The first kappa shape index (κ1) is 18.3. The van der Waals surface area contributed by atoms with Crippen LogP contribution in [0.2, 0.25) is 0 Å². The number of carbonyl (C=O) groups is 3. The van der Waals surface area contributed by atoms with Crippen molar-refractivity contribution in [3.63, 3.8) is 0 Å². The van der Waals surface area contributed by atoms with Crippen LogP contribution in [0.3, 0.4) is 0 Å². The van der Waals surface area contributed by atoms with Gasteiger partial charge in [-0.3, -0.25) is 19.4 Å². The Morgan fingerprint density at radius 3 is 2.42 bits per heavy atom. The van der Waals surface area contributed by atoms with Crippen molar-refractivity contribution in [1.82, 2.24) is 4.90 Å². The summed E-state index contributed by atoms with van der Waals surface area (Å²) in [4.78, 5) is 39.6. The first-order chi connectivity index (χ1) is 12.2. The number of nitrogen functional groups attached to an aromatic ring is 1. The van der Waals surface area contributed by atoms with Crippen molar-refractivity contribution >= 4 is 40.9 Å². The average Bonchev–Trinajstić information content (AvgIpc) is 2.58. The number of amides is 2. The van der Waals surface area contributed by atoms with Crippen LogP contribution >= 0.6 is 11.8 Å². The van der Waals surface area contributed by atoms with E-state index in [0.29, 0.717) is 17.1 Å². The number of β-lactam (4-membered cyclic amide) rings is 1. The lowest BCUT2D eigenvalue weighted by molar-refractivity contribution is -0.149. The fourth-order valence-corrected chi connectivity index (χ4v) is 4.94. The van der Waals surface area contributed by atoms with Gasteiger partial charge in [0.15, 0.2) is 0 Å². The number of carbonyl (C=O) groups excluding carboxylic acids is 2. The molecule has 1 aromatic rings. The van der Waals surface area contributed by atoms with Gasteiger partial charge in [-0.15, -0.1) is 11.8 Å². The highest BCUT2D eigenvalue weighted by Crippen LogP contribution is 2.44. The van der Waals surface area contributed by atoms with Gasteiger partial charge in [0, 0.05) is 24.1 Å². The van der Waals surface area contributed by atoms with E-state index >= 15 is 0 Å². The first-order valence-electron chi connectivity index (χ1n) is 8.30. The Bertz CT molecular complexity index is 803. The number of nitrogens with two attached hydrogens (primary N) is 1. The summed E-state index contributed by atoms with van der Waals surface area (Å²) in [5.41, 5.74) is 7.63. The highest BCUT2D eigenvalue weighted by atomic mass is 32.2. The van der Waals surface area contributed by atoms with E-state index in [0.717, 1.165) is 5.57 Å². The summed E-state index contributed by atoms with van der Waals surface area (Å²) in [5, 5.41) is 9.22. The van der Waals surface area contributed by atoms with Crippen LogP contribution in [0.5, 0.6) is 0 Å². The number of anilines is 2. The number of hydrogen-bond donors (Lipinski definition) is 2. The highest BCUT2D eigenvalue weighted by molar-refractivity contribution is 8.00. The van der Waals surface area contributed by atoms with Gasteiger partial charge in [-0.25, -0.2) is 4.79 Å². The van der Waals surface area contributed by atoms with E-state index in [4.69, 9.17) is 5.73 Å². The zero-order valence-electron chi connectivity index (χ0n) is 14.8. The number of carboxylic acids is 1. The van der Waals surface area contributed by atoms with E-state index in [2.05, 4.69) is 0 Å². The molecule has 8 heteroatoms. The molecule has 26 heavy (non-hydrogen) atoms. The molecule has 2 amide bonds. The molecule has 0 aliphatic carbocycles. The predicted octanol–water partition coefficient (Wildman–Crippen LogP) is 1.90. The van der Waals surface area contributed by atoms with Crippen LogP contribution in [-0.2, 0) is 14.4 Å². The van der Waals surface area contributed by atoms with Gasteiger partial charge in [0.25, 0.3) is 5.91 Å². The number of aliphatic carboxylic acids is 1. The quantitative estimate of drug-likeness (QED) is 0.615. The normalized spacial score (nSPS) is 22.2. The van der Waals surface area contributed by atoms with Crippen LogP contribution in [0, 0.1) is 5.92 Å². The van der Waals surface area contributed by atoms with Crippen LogP contribution in [-0.4, -0.2) is 45.0 Å². The summed E-state index contributed by atoms with van der Waals surface area (Å²) in [6.07, 6.45) is 0. The third kappa shape index (κ3) is 2.84. The number of hydrogen-bond acceptors (Lipinski definition) is 5. The third-order valence-electron chi connectivity index (χ3n) is 4.66. The van der Waals surface area contributed by atoms with Crippen LogP contribution in [0.15, 0.2) is 35.5 Å². The minimum Gasteiger partial charge on any atom is -0.477 e. The van der Waals surface area contributed by atoms with E-state index in [1.807, 2.05) is 13.8 Å². The molecule has 2 aliphatic rings. The Balaban J connectivity index is 1.97. The van der Waals surface area contributed by atoms with Crippen molar-refractivity contribution < 1.29 is 19.5 Å². The average molecular weight is 375 g/mol. The second-order valence-corrected chi connectivity index (χ2v) is 7.77. The predicted molar refractivity (Wildman–Crippen MR) is 100 cm³/mol. The molecule has 0 radical (unpaired) electrons.